The highest BCUT2D eigenvalue weighted by Gasteiger charge is 2.34. The van der Waals surface area contributed by atoms with Crippen molar-refractivity contribution in [2.45, 2.75) is 31.0 Å². The summed E-state index contributed by atoms with van der Waals surface area (Å²) in [6.07, 6.45) is -0.302. The van der Waals surface area contributed by atoms with Gasteiger partial charge < -0.3 is 14.2 Å². The lowest BCUT2D eigenvalue weighted by Crippen LogP contribution is -2.48. The lowest BCUT2D eigenvalue weighted by atomic mass is 10.3. The van der Waals surface area contributed by atoms with Gasteiger partial charge >= 0.3 is 0 Å². The predicted molar refractivity (Wildman–Crippen MR) is 86.0 cm³/mol. The summed E-state index contributed by atoms with van der Waals surface area (Å²) in [5.74, 6) is 0.716. The molecule has 1 aromatic rings. The number of ether oxygens (including phenoxy) is 3. The van der Waals surface area contributed by atoms with E-state index in [2.05, 4.69) is 15.9 Å². The Morgan fingerprint density at radius 2 is 1.68 bits per heavy atom. The Labute approximate surface area is 139 Å². The van der Waals surface area contributed by atoms with Crippen LogP contribution in [0.5, 0.6) is 11.5 Å². The van der Waals surface area contributed by atoms with Crippen molar-refractivity contribution in [1.82, 2.24) is 4.31 Å². The average molecular weight is 394 g/mol. The number of hydrogen-bond acceptors (Lipinski definition) is 5. The molecule has 124 valence electrons. The third-order valence-corrected chi connectivity index (χ3v) is 5.91. The number of nitrogens with zero attached hydrogens (tertiary/aromatic N) is 1. The summed E-state index contributed by atoms with van der Waals surface area (Å²) in [5, 5.41) is 0. The van der Waals surface area contributed by atoms with Crippen molar-refractivity contribution in [2.24, 2.45) is 0 Å². The molecule has 0 unspecified atom stereocenters. The largest absolute Gasteiger partial charge is 0.496 e. The summed E-state index contributed by atoms with van der Waals surface area (Å²) in [6, 6.07) is 3.07. The van der Waals surface area contributed by atoms with Gasteiger partial charge in [-0.1, -0.05) is 0 Å². The molecular weight excluding hydrogens is 374 g/mol. The van der Waals surface area contributed by atoms with E-state index in [1.807, 2.05) is 13.8 Å². The molecule has 1 heterocycles. The first-order valence-corrected chi connectivity index (χ1v) is 9.10. The third kappa shape index (κ3) is 3.40. The van der Waals surface area contributed by atoms with Gasteiger partial charge in [-0.3, -0.25) is 0 Å². The standard InChI is InChI=1S/C14H20BrNO5S/c1-9-7-16(8-10(2)21-9)22(17,18)14-6-12(19-3)11(15)5-13(14)20-4/h5-6,9-10H,7-8H2,1-4H3/t9-,10+. The number of rotatable bonds is 4. The van der Waals surface area contributed by atoms with Gasteiger partial charge in [-0.15, -0.1) is 0 Å². The van der Waals surface area contributed by atoms with Gasteiger partial charge in [-0.25, -0.2) is 8.42 Å². The Balaban J connectivity index is 2.48. The second kappa shape index (κ2) is 6.74. The molecule has 0 saturated carbocycles. The number of morpholine rings is 1. The van der Waals surface area contributed by atoms with Crippen LogP contribution in [0.15, 0.2) is 21.5 Å². The molecule has 0 spiro atoms. The number of halogens is 1. The van der Waals surface area contributed by atoms with Crippen molar-refractivity contribution in [2.75, 3.05) is 27.3 Å². The van der Waals surface area contributed by atoms with Crippen LogP contribution in [0.2, 0.25) is 0 Å². The molecule has 1 aliphatic rings. The van der Waals surface area contributed by atoms with E-state index in [0.29, 0.717) is 23.3 Å². The maximum absolute atomic E-state index is 13.0. The van der Waals surface area contributed by atoms with Crippen LogP contribution in [0.25, 0.3) is 0 Å². The SMILES string of the molecule is COc1cc(S(=O)(=O)N2C[C@@H](C)O[C@@H](C)C2)c(OC)cc1Br. The van der Waals surface area contributed by atoms with Gasteiger partial charge in [0.15, 0.2) is 0 Å². The molecule has 2 atom stereocenters. The highest BCUT2D eigenvalue weighted by atomic mass is 79.9. The third-order valence-electron chi connectivity index (χ3n) is 3.44. The van der Waals surface area contributed by atoms with Crippen molar-refractivity contribution < 1.29 is 22.6 Å². The van der Waals surface area contributed by atoms with Crippen molar-refractivity contribution in [1.29, 1.82) is 0 Å². The van der Waals surface area contributed by atoms with E-state index in [4.69, 9.17) is 14.2 Å². The van der Waals surface area contributed by atoms with E-state index in [0.717, 1.165) is 0 Å². The first kappa shape index (κ1) is 17.5. The first-order chi connectivity index (χ1) is 10.3. The first-order valence-electron chi connectivity index (χ1n) is 6.86. The highest BCUT2D eigenvalue weighted by molar-refractivity contribution is 9.10. The van der Waals surface area contributed by atoms with Crippen molar-refractivity contribution >= 4 is 26.0 Å². The summed E-state index contributed by atoms with van der Waals surface area (Å²) < 4.78 is 44.0. The number of methoxy groups -OCH3 is 2. The van der Waals surface area contributed by atoms with Crippen LogP contribution in [0.4, 0.5) is 0 Å². The van der Waals surface area contributed by atoms with Gasteiger partial charge in [-0.05, 0) is 35.8 Å². The zero-order valence-corrected chi connectivity index (χ0v) is 15.4. The second-order valence-corrected chi connectivity index (χ2v) is 7.98. The van der Waals surface area contributed by atoms with Gasteiger partial charge in [0, 0.05) is 19.2 Å². The quantitative estimate of drug-likeness (QED) is 0.784. The molecule has 0 aromatic heterocycles. The lowest BCUT2D eigenvalue weighted by molar-refractivity contribution is -0.0441. The van der Waals surface area contributed by atoms with E-state index in [1.54, 1.807) is 6.07 Å². The van der Waals surface area contributed by atoms with Crippen LogP contribution < -0.4 is 9.47 Å². The minimum Gasteiger partial charge on any atom is -0.496 e. The van der Waals surface area contributed by atoms with Crippen molar-refractivity contribution in [3.63, 3.8) is 0 Å². The van der Waals surface area contributed by atoms with Crippen LogP contribution in [0.1, 0.15) is 13.8 Å². The molecule has 8 heteroatoms. The number of sulfonamides is 1. The average Bonchev–Trinajstić information content (AvgIpc) is 2.45. The molecule has 0 amide bonds. The van der Waals surface area contributed by atoms with Gasteiger partial charge in [0.25, 0.3) is 0 Å². The molecule has 0 N–H and O–H groups in total. The number of hydrogen-bond donors (Lipinski definition) is 0. The molecule has 0 aliphatic carbocycles. The smallest absolute Gasteiger partial charge is 0.247 e. The summed E-state index contributed by atoms with van der Waals surface area (Å²) in [4.78, 5) is 0.0938. The molecule has 6 nitrogen and oxygen atoms in total. The minimum atomic E-state index is -3.69. The van der Waals surface area contributed by atoms with Crippen LogP contribution in [0, 0.1) is 0 Å². The van der Waals surface area contributed by atoms with Crippen LogP contribution in [0.3, 0.4) is 0 Å². The Bertz CT molecular complexity index is 639. The van der Waals surface area contributed by atoms with Crippen molar-refractivity contribution in [3.8, 4) is 11.5 Å². The second-order valence-electron chi connectivity index (χ2n) is 5.22. The monoisotopic (exact) mass is 393 g/mol. The van der Waals surface area contributed by atoms with Gasteiger partial charge in [0.1, 0.15) is 16.4 Å². The topological polar surface area (TPSA) is 65.1 Å². The lowest BCUT2D eigenvalue weighted by Gasteiger charge is -2.34. The molecule has 22 heavy (non-hydrogen) atoms. The van der Waals surface area contributed by atoms with Gasteiger partial charge in [-0.2, -0.15) is 4.31 Å². The van der Waals surface area contributed by atoms with Crippen LogP contribution >= 0.6 is 15.9 Å². The van der Waals surface area contributed by atoms with E-state index in [9.17, 15) is 8.42 Å². The Morgan fingerprint density at radius 3 is 2.18 bits per heavy atom. The molecule has 0 bridgehead atoms. The maximum Gasteiger partial charge on any atom is 0.247 e. The Kier molecular flexibility index (Phi) is 5.37. The zero-order valence-electron chi connectivity index (χ0n) is 13.0. The van der Waals surface area contributed by atoms with E-state index in [-0.39, 0.29) is 22.9 Å². The molecule has 1 aliphatic heterocycles. The number of benzene rings is 1. The van der Waals surface area contributed by atoms with E-state index >= 15 is 0 Å². The van der Waals surface area contributed by atoms with E-state index in [1.165, 1.54) is 24.6 Å². The predicted octanol–water partition coefficient (Wildman–Crippen LogP) is 2.26. The van der Waals surface area contributed by atoms with Gasteiger partial charge in [0.05, 0.1) is 30.9 Å². The molecule has 1 saturated heterocycles. The fourth-order valence-electron chi connectivity index (χ4n) is 2.50. The molecular formula is C14H20BrNO5S. The normalized spacial score (nSPS) is 23.3. The summed E-state index contributed by atoms with van der Waals surface area (Å²) in [6.45, 7) is 4.34. The zero-order chi connectivity index (χ0) is 16.5. The molecule has 2 rings (SSSR count). The summed E-state index contributed by atoms with van der Waals surface area (Å²) in [5.41, 5.74) is 0. The van der Waals surface area contributed by atoms with Crippen molar-refractivity contribution in [3.05, 3.63) is 16.6 Å². The van der Waals surface area contributed by atoms with Crippen LogP contribution in [-0.4, -0.2) is 52.2 Å². The Hall–Kier alpha value is -0.830. The van der Waals surface area contributed by atoms with E-state index < -0.39 is 10.0 Å². The highest BCUT2D eigenvalue weighted by Crippen LogP contribution is 2.37. The minimum absolute atomic E-state index is 0.0938. The summed E-state index contributed by atoms with van der Waals surface area (Å²) in [7, 11) is -0.762. The Morgan fingerprint density at radius 1 is 1.14 bits per heavy atom. The molecule has 0 radical (unpaired) electrons. The maximum atomic E-state index is 13.0. The summed E-state index contributed by atoms with van der Waals surface area (Å²) >= 11 is 3.33. The molecule has 1 aromatic carbocycles. The molecule has 1 fully saturated rings. The van der Waals surface area contributed by atoms with Gasteiger partial charge in [0.2, 0.25) is 10.0 Å². The van der Waals surface area contributed by atoms with Crippen LogP contribution in [-0.2, 0) is 14.8 Å². The fraction of sp³-hybridized carbons (Fsp3) is 0.571. The fourth-order valence-corrected chi connectivity index (χ4v) is 4.73.